The maximum atomic E-state index is 12.2. The Kier molecular flexibility index (Phi) is 36.0. The normalized spacial score (nSPS) is 12.2. The Bertz CT molecular complexity index is 647. The molecule has 1 atom stereocenters. The first-order valence-electron chi connectivity index (χ1n) is 19.7. The van der Waals surface area contributed by atoms with Crippen LogP contribution in [0.2, 0.25) is 0 Å². The second-order valence-corrected chi connectivity index (χ2v) is 13.4. The van der Waals surface area contributed by atoms with E-state index >= 15 is 0 Å². The van der Waals surface area contributed by atoms with Crippen LogP contribution in [-0.2, 0) is 19.1 Å². The number of allylic oxidation sites excluding steroid dienone is 2. The Morgan fingerprint density at radius 2 is 0.822 bits per heavy atom. The Morgan fingerprint density at radius 3 is 1.20 bits per heavy atom. The summed E-state index contributed by atoms with van der Waals surface area (Å²) < 4.78 is 10.6. The molecule has 0 aliphatic heterocycles. The van der Waals surface area contributed by atoms with E-state index in [2.05, 4.69) is 26.0 Å². The zero-order valence-electron chi connectivity index (χ0n) is 30.1. The first-order valence-corrected chi connectivity index (χ1v) is 19.7. The van der Waals surface area contributed by atoms with Crippen molar-refractivity contribution in [1.29, 1.82) is 0 Å². The molecule has 0 bridgehead atoms. The number of aliphatic hydroxyl groups is 1. The van der Waals surface area contributed by atoms with E-state index in [1.54, 1.807) is 0 Å². The first kappa shape index (κ1) is 43.6. The van der Waals surface area contributed by atoms with E-state index in [-0.39, 0.29) is 25.2 Å². The number of carbonyl (C=O) groups excluding carboxylic acids is 2. The van der Waals surface area contributed by atoms with Gasteiger partial charge in [-0.15, -0.1) is 0 Å². The minimum absolute atomic E-state index is 0.0632. The molecule has 0 aromatic rings. The largest absolute Gasteiger partial charge is 0.462 e. The summed E-state index contributed by atoms with van der Waals surface area (Å²) in [5.41, 5.74) is 0. The third kappa shape index (κ3) is 35.3. The van der Waals surface area contributed by atoms with Crippen LogP contribution in [0.25, 0.3) is 0 Å². The van der Waals surface area contributed by atoms with E-state index in [1.807, 2.05) is 0 Å². The quantitative estimate of drug-likeness (QED) is 0.0421. The Labute approximate surface area is 280 Å². The van der Waals surface area contributed by atoms with E-state index in [4.69, 9.17) is 9.47 Å². The van der Waals surface area contributed by atoms with Crippen LogP contribution in [-0.4, -0.2) is 36.4 Å². The van der Waals surface area contributed by atoms with E-state index < -0.39 is 6.10 Å². The summed E-state index contributed by atoms with van der Waals surface area (Å²) in [6.07, 6.45) is 41.2. The van der Waals surface area contributed by atoms with Crippen molar-refractivity contribution in [3.05, 3.63) is 12.2 Å². The second-order valence-electron chi connectivity index (χ2n) is 13.4. The molecule has 266 valence electrons. The fraction of sp³-hybridized carbons (Fsp3) is 0.900. The number of esters is 2. The molecule has 5 heteroatoms. The molecule has 0 heterocycles. The van der Waals surface area contributed by atoms with Crippen LogP contribution in [0.15, 0.2) is 12.2 Å². The summed E-state index contributed by atoms with van der Waals surface area (Å²) in [4.78, 5) is 24.2. The van der Waals surface area contributed by atoms with Crippen molar-refractivity contribution >= 4 is 11.9 Å². The molecule has 0 saturated carbocycles. The zero-order chi connectivity index (χ0) is 32.9. The maximum Gasteiger partial charge on any atom is 0.306 e. The molecule has 0 aliphatic carbocycles. The molecular formula is C40H76O5. The molecule has 0 aromatic heterocycles. The fourth-order valence-corrected chi connectivity index (χ4v) is 5.78. The molecular weight excluding hydrogens is 560 g/mol. The summed E-state index contributed by atoms with van der Waals surface area (Å²) in [6.45, 7) is 4.14. The molecule has 0 radical (unpaired) electrons. The summed E-state index contributed by atoms with van der Waals surface area (Å²) >= 11 is 0. The Hall–Kier alpha value is -1.36. The van der Waals surface area contributed by atoms with Crippen molar-refractivity contribution in [2.75, 3.05) is 13.2 Å². The molecule has 0 fully saturated rings. The monoisotopic (exact) mass is 637 g/mol. The number of hydrogen-bond donors (Lipinski definition) is 1. The lowest BCUT2D eigenvalue weighted by atomic mass is 10.0. The summed E-state index contributed by atoms with van der Waals surface area (Å²) in [5, 5.41) is 9.54. The third-order valence-corrected chi connectivity index (χ3v) is 8.81. The SMILES string of the molecule is CCCCCCCCC/C=C\CCCCCCCC(=O)OC(CO)COC(=O)CCCCCCCCCCCCCCCCC. The average Bonchev–Trinajstić information content (AvgIpc) is 3.04. The van der Waals surface area contributed by atoms with Gasteiger partial charge in [0.2, 0.25) is 0 Å². The van der Waals surface area contributed by atoms with Crippen LogP contribution in [0.1, 0.15) is 213 Å². The van der Waals surface area contributed by atoms with Gasteiger partial charge in [0.15, 0.2) is 6.10 Å². The number of unbranched alkanes of at least 4 members (excludes halogenated alkanes) is 26. The topological polar surface area (TPSA) is 72.8 Å². The number of ether oxygens (including phenoxy) is 2. The lowest BCUT2D eigenvalue weighted by molar-refractivity contribution is -0.161. The van der Waals surface area contributed by atoms with Crippen LogP contribution >= 0.6 is 0 Å². The van der Waals surface area contributed by atoms with Crippen molar-refractivity contribution in [2.45, 2.75) is 219 Å². The van der Waals surface area contributed by atoms with Gasteiger partial charge in [-0.1, -0.05) is 174 Å². The molecule has 0 saturated heterocycles. The summed E-state index contributed by atoms with van der Waals surface area (Å²) in [5.74, 6) is -0.590. The molecule has 0 aromatic carbocycles. The standard InChI is InChI=1S/C40H76O5/c1-3-5-7-9-11-13-15-17-19-21-23-25-27-29-31-33-35-40(43)45-38(36-41)37-44-39(42)34-32-30-28-26-24-22-20-18-16-14-12-10-8-6-4-2/h19,21,38,41H,3-18,20,22-37H2,1-2H3/b21-19-. The fourth-order valence-electron chi connectivity index (χ4n) is 5.78. The second kappa shape index (κ2) is 37.1. The van der Waals surface area contributed by atoms with Gasteiger partial charge < -0.3 is 14.6 Å². The molecule has 0 spiro atoms. The van der Waals surface area contributed by atoms with Gasteiger partial charge in [-0.25, -0.2) is 0 Å². The molecule has 0 rings (SSSR count). The highest BCUT2D eigenvalue weighted by Crippen LogP contribution is 2.15. The number of aliphatic hydroxyl groups excluding tert-OH is 1. The molecule has 1 unspecified atom stereocenters. The van der Waals surface area contributed by atoms with Crippen LogP contribution in [0.5, 0.6) is 0 Å². The lowest BCUT2D eigenvalue weighted by Gasteiger charge is -2.15. The zero-order valence-corrected chi connectivity index (χ0v) is 30.1. The minimum Gasteiger partial charge on any atom is -0.462 e. The van der Waals surface area contributed by atoms with E-state index in [0.29, 0.717) is 12.8 Å². The molecule has 1 N–H and O–H groups in total. The highest BCUT2D eigenvalue weighted by molar-refractivity contribution is 5.70. The van der Waals surface area contributed by atoms with Gasteiger partial charge in [0.1, 0.15) is 6.61 Å². The lowest BCUT2D eigenvalue weighted by Crippen LogP contribution is -2.28. The Balaban J connectivity index is 3.53. The van der Waals surface area contributed by atoms with Crippen LogP contribution in [0.4, 0.5) is 0 Å². The van der Waals surface area contributed by atoms with Crippen molar-refractivity contribution in [3.63, 3.8) is 0 Å². The van der Waals surface area contributed by atoms with E-state index in [9.17, 15) is 14.7 Å². The van der Waals surface area contributed by atoms with Gasteiger partial charge in [-0.2, -0.15) is 0 Å². The van der Waals surface area contributed by atoms with Crippen molar-refractivity contribution in [2.24, 2.45) is 0 Å². The van der Waals surface area contributed by atoms with Crippen LogP contribution in [0.3, 0.4) is 0 Å². The highest BCUT2D eigenvalue weighted by Gasteiger charge is 2.16. The number of rotatable bonds is 36. The predicted octanol–water partition coefficient (Wildman–Crippen LogP) is 12.1. The van der Waals surface area contributed by atoms with Crippen molar-refractivity contribution in [1.82, 2.24) is 0 Å². The maximum absolute atomic E-state index is 12.2. The van der Waals surface area contributed by atoms with Crippen molar-refractivity contribution < 1.29 is 24.2 Å². The molecule has 0 amide bonds. The van der Waals surface area contributed by atoms with Gasteiger partial charge in [-0.3, -0.25) is 9.59 Å². The Morgan fingerprint density at radius 1 is 0.489 bits per heavy atom. The van der Waals surface area contributed by atoms with Gasteiger partial charge in [0.05, 0.1) is 6.61 Å². The smallest absolute Gasteiger partial charge is 0.306 e. The molecule has 0 aliphatic rings. The van der Waals surface area contributed by atoms with E-state index in [1.165, 1.54) is 141 Å². The van der Waals surface area contributed by atoms with E-state index in [0.717, 1.165) is 44.9 Å². The molecule has 45 heavy (non-hydrogen) atoms. The van der Waals surface area contributed by atoms with Crippen LogP contribution < -0.4 is 0 Å². The van der Waals surface area contributed by atoms with Gasteiger partial charge in [0, 0.05) is 12.8 Å². The number of hydrogen-bond acceptors (Lipinski definition) is 5. The average molecular weight is 637 g/mol. The highest BCUT2D eigenvalue weighted by atomic mass is 16.6. The minimum atomic E-state index is -0.768. The summed E-state index contributed by atoms with van der Waals surface area (Å²) in [7, 11) is 0. The van der Waals surface area contributed by atoms with Gasteiger partial charge >= 0.3 is 11.9 Å². The predicted molar refractivity (Wildman–Crippen MR) is 192 cm³/mol. The third-order valence-electron chi connectivity index (χ3n) is 8.81. The first-order chi connectivity index (χ1) is 22.1. The van der Waals surface area contributed by atoms with Crippen LogP contribution in [0, 0.1) is 0 Å². The molecule has 5 nitrogen and oxygen atoms in total. The number of carbonyl (C=O) groups is 2. The van der Waals surface area contributed by atoms with Gasteiger partial charge in [0.25, 0.3) is 0 Å². The summed E-state index contributed by atoms with van der Waals surface area (Å²) in [6, 6.07) is 0. The van der Waals surface area contributed by atoms with Crippen molar-refractivity contribution in [3.8, 4) is 0 Å². The van der Waals surface area contributed by atoms with Gasteiger partial charge in [-0.05, 0) is 38.5 Å².